The lowest BCUT2D eigenvalue weighted by molar-refractivity contribution is 0.137. The van der Waals surface area contributed by atoms with Crippen LogP contribution < -0.4 is 4.74 Å². The average Bonchev–Trinajstić information content (AvgIpc) is 2.28. The molecule has 0 aromatic heterocycles. The van der Waals surface area contributed by atoms with Crippen LogP contribution in [0.15, 0.2) is 18.2 Å². The Morgan fingerprint density at radius 1 is 1.19 bits per heavy atom. The van der Waals surface area contributed by atoms with Crippen molar-refractivity contribution in [1.29, 1.82) is 0 Å². The number of aryl methyl sites for hydroxylation is 2. The van der Waals surface area contributed by atoms with Gasteiger partial charge in [0.2, 0.25) is 0 Å². The van der Waals surface area contributed by atoms with E-state index in [1.807, 2.05) is 0 Å². The zero-order chi connectivity index (χ0) is 11.6. The molecule has 88 valence electrons. The van der Waals surface area contributed by atoms with Crippen LogP contribution in [0.1, 0.15) is 37.8 Å². The van der Waals surface area contributed by atoms with Gasteiger partial charge in [-0.2, -0.15) is 0 Å². The third kappa shape index (κ3) is 2.79. The highest BCUT2D eigenvalue weighted by Gasteiger charge is 2.18. The molecule has 0 fully saturated rings. The van der Waals surface area contributed by atoms with E-state index in [0.29, 0.717) is 0 Å². The largest absolute Gasteiger partial charge is 0.487 e. The molecule has 0 spiro atoms. The van der Waals surface area contributed by atoms with Gasteiger partial charge < -0.3 is 4.74 Å². The molecule has 0 N–H and O–H groups in total. The van der Waals surface area contributed by atoms with Crippen LogP contribution >= 0.6 is 15.9 Å². The molecule has 0 radical (unpaired) electrons. The van der Waals surface area contributed by atoms with Crippen LogP contribution in [0.25, 0.3) is 0 Å². The van der Waals surface area contributed by atoms with Crippen molar-refractivity contribution in [2.24, 2.45) is 0 Å². The van der Waals surface area contributed by atoms with Crippen LogP contribution in [-0.2, 0) is 12.8 Å². The minimum absolute atomic E-state index is 0.136. The van der Waals surface area contributed by atoms with Gasteiger partial charge in [-0.15, -0.1) is 0 Å². The number of fused-ring (bicyclic) bond motifs is 1. The molecule has 1 nitrogen and oxygen atoms in total. The SMILES string of the molecule is CC(C)(CBr)Oc1ccc2c(c1)CCCC2. The fourth-order valence-corrected chi connectivity index (χ4v) is 2.23. The van der Waals surface area contributed by atoms with Crippen molar-refractivity contribution in [3.8, 4) is 5.75 Å². The van der Waals surface area contributed by atoms with Crippen LogP contribution in [0.3, 0.4) is 0 Å². The Balaban J connectivity index is 2.17. The first kappa shape index (κ1) is 12.0. The highest BCUT2D eigenvalue weighted by Crippen LogP contribution is 2.27. The summed E-state index contributed by atoms with van der Waals surface area (Å²) in [6, 6.07) is 6.56. The van der Waals surface area contributed by atoms with Crippen molar-refractivity contribution >= 4 is 15.9 Å². The van der Waals surface area contributed by atoms with Crippen molar-refractivity contribution in [1.82, 2.24) is 0 Å². The minimum atomic E-state index is -0.136. The van der Waals surface area contributed by atoms with Crippen molar-refractivity contribution < 1.29 is 4.74 Å². The zero-order valence-electron chi connectivity index (χ0n) is 10.1. The number of alkyl halides is 1. The molecular weight excluding hydrogens is 264 g/mol. The molecule has 0 amide bonds. The molecule has 0 bridgehead atoms. The molecule has 1 aliphatic rings. The van der Waals surface area contributed by atoms with E-state index in [0.717, 1.165) is 11.1 Å². The molecule has 0 aliphatic heterocycles. The number of halogens is 1. The van der Waals surface area contributed by atoms with Crippen LogP contribution in [0.5, 0.6) is 5.75 Å². The Morgan fingerprint density at radius 3 is 2.56 bits per heavy atom. The quantitative estimate of drug-likeness (QED) is 0.758. The second kappa shape index (κ2) is 4.79. The zero-order valence-corrected chi connectivity index (χ0v) is 11.6. The van der Waals surface area contributed by atoms with Gasteiger partial charge in [-0.25, -0.2) is 0 Å². The Bertz CT molecular complexity index is 371. The number of rotatable bonds is 3. The molecular formula is C14H19BrO. The summed E-state index contributed by atoms with van der Waals surface area (Å²) < 4.78 is 5.97. The van der Waals surface area contributed by atoms with Crippen molar-refractivity contribution in [2.75, 3.05) is 5.33 Å². The van der Waals surface area contributed by atoms with Crippen molar-refractivity contribution in [3.05, 3.63) is 29.3 Å². The summed E-state index contributed by atoms with van der Waals surface area (Å²) in [7, 11) is 0. The fraction of sp³-hybridized carbons (Fsp3) is 0.571. The lowest BCUT2D eigenvalue weighted by Crippen LogP contribution is -2.29. The van der Waals surface area contributed by atoms with Gasteiger partial charge >= 0.3 is 0 Å². The molecule has 16 heavy (non-hydrogen) atoms. The summed E-state index contributed by atoms with van der Waals surface area (Å²) in [4.78, 5) is 0. The predicted molar refractivity (Wildman–Crippen MR) is 71.6 cm³/mol. The highest BCUT2D eigenvalue weighted by atomic mass is 79.9. The van der Waals surface area contributed by atoms with Crippen molar-refractivity contribution in [3.63, 3.8) is 0 Å². The van der Waals surface area contributed by atoms with Gasteiger partial charge in [0, 0.05) is 5.33 Å². The standard InChI is InChI=1S/C14H19BrO/c1-14(2,10-15)16-13-8-7-11-5-3-4-6-12(11)9-13/h7-9H,3-6,10H2,1-2H3. The second-order valence-corrected chi connectivity index (χ2v) is 5.69. The third-order valence-corrected chi connectivity index (χ3v) is 4.39. The van der Waals surface area contributed by atoms with E-state index >= 15 is 0 Å². The Labute approximate surface area is 106 Å². The molecule has 1 aromatic rings. The molecule has 0 saturated carbocycles. The van der Waals surface area contributed by atoms with E-state index < -0.39 is 0 Å². The van der Waals surface area contributed by atoms with Gasteiger partial charge in [-0.05, 0) is 62.8 Å². The first-order valence-electron chi connectivity index (χ1n) is 5.97. The average molecular weight is 283 g/mol. The molecule has 0 heterocycles. The number of benzene rings is 1. The number of hydrogen-bond acceptors (Lipinski definition) is 1. The summed E-state index contributed by atoms with van der Waals surface area (Å²) >= 11 is 3.48. The fourth-order valence-electron chi connectivity index (χ4n) is 2.12. The van der Waals surface area contributed by atoms with Gasteiger partial charge in [-0.1, -0.05) is 22.0 Å². The van der Waals surface area contributed by atoms with Crippen LogP contribution in [-0.4, -0.2) is 10.9 Å². The predicted octanol–water partition coefficient (Wildman–Crippen LogP) is 4.12. The lowest BCUT2D eigenvalue weighted by atomic mass is 9.92. The van der Waals surface area contributed by atoms with Gasteiger partial charge in [0.1, 0.15) is 11.4 Å². The Kier molecular flexibility index (Phi) is 3.58. The smallest absolute Gasteiger partial charge is 0.120 e. The van der Waals surface area contributed by atoms with Gasteiger partial charge in [0.25, 0.3) is 0 Å². The summed E-state index contributed by atoms with van der Waals surface area (Å²) in [5.41, 5.74) is 2.85. The normalized spacial score (nSPS) is 15.7. The molecule has 0 unspecified atom stereocenters. The monoisotopic (exact) mass is 282 g/mol. The molecule has 1 aromatic carbocycles. The Hall–Kier alpha value is -0.500. The molecule has 0 atom stereocenters. The van der Waals surface area contributed by atoms with E-state index in [9.17, 15) is 0 Å². The van der Waals surface area contributed by atoms with E-state index in [1.165, 1.54) is 36.8 Å². The third-order valence-electron chi connectivity index (χ3n) is 3.04. The summed E-state index contributed by atoms with van der Waals surface area (Å²) in [6.07, 6.45) is 5.09. The molecule has 2 rings (SSSR count). The number of hydrogen-bond donors (Lipinski definition) is 0. The first-order valence-corrected chi connectivity index (χ1v) is 7.10. The topological polar surface area (TPSA) is 9.23 Å². The summed E-state index contributed by atoms with van der Waals surface area (Å²) in [5.74, 6) is 1.00. The maximum absolute atomic E-state index is 5.97. The van der Waals surface area contributed by atoms with Crippen LogP contribution in [0, 0.1) is 0 Å². The van der Waals surface area contributed by atoms with Gasteiger partial charge in [0.15, 0.2) is 0 Å². The summed E-state index contributed by atoms with van der Waals surface area (Å²) in [5, 5.41) is 0.844. The van der Waals surface area contributed by atoms with Crippen LogP contribution in [0.4, 0.5) is 0 Å². The van der Waals surface area contributed by atoms with Gasteiger partial charge in [-0.3, -0.25) is 0 Å². The minimum Gasteiger partial charge on any atom is -0.487 e. The second-order valence-electron chi connectivity index (χ2n) is 5.13. The van der Waals surface area contributed by atoms with E-state index in [1.54, 1.807) is 0 Å². The van der Waals surface area contributed by atoms with E-state index in [4.69, 9.17) is 4.74 Å². The van der Waals surface area contributed by atoms with E-state index in [2.05, 4.69) is 48.0 Å². The van der Waals surface area contributed by atoms with Crippen molar-refractivity contribution in [2.45, 2.75) is 45.1 Å². The molecule has 0 saturated heterocycles. The molecule has 1 aliphatic carbocycles. The van der Waals surface area contributed by atoms with Gasteiger partial charge in [0.05, 0.1) is 0 Å². The highest BCUT2D eigenvalue weighted by molar-refractivity contribution is 9.09. The lowest BCUT2D eigenvalue weighted by Gasteiger charge is -2.25. The summed E-state index contributed by atoms with van der Waals surface area (Å²) in [6.45, 7) is 4.20. The Morgan fingerprint density at radius 2 is 1.88 bits per heavy atom. The maximum atomic E-state index is 5.97. The van der Waals surface area contributed by atoms with Crippen LogP contribution in [0.2, 0.25) is 0 Å². The van der Waals surface area contributed by atoms with E-state index in [-0.39, 0.29) is 5.60 Å². The molecule has 2 heteroatoms. The number of ether oxygens (including phenoxy) is 1. The first-order chi connectivity index (χ1) is 7.61. The maximum Gasteiger partial charge on any atom is 0.120 e.